The molecule has 5 nitrogen and oxygen atoms in total. The van der Waals surface area contributed by atoms with Crippen molar-refractivity contribution in [3.63, 3.8) is 0 Å². The van der Waals surface area contributed by atoms with E-state index < -0.39 is 24.2 Å². The standard InChI is InChI=1S/C14H20O5/c1-5-7-8-10-11(17-13(15)16-10)12-9(6-2)18-14(3,4)19-12/h5-6,9-12H,1-2,7-8H2,3-4H3/t9-,10+,11-,12-/m0/s1. The fraction of sp³-hybridized carbons (Fsp3) is 0.643. The van der Waals surface area contributed by atoms with Crippen LogP contribution >= 0.6 is 0 Å². The van der Waals surface area contributed by atoms with Crippen LogP contribution in [0.25, 0.3) is 0 Å². The predicted octanol–water partition coefficient (Wildman–Crippen LogP) is 2.56. The topological polar surface area (TPSA) is 54.0 Å². The van der Waals surface area contributed by atoms with E-state index in [1.807, 2.05) is 13.8 Å². The first-order valence-corrected chi connectivity index (χ1v) is 6.43. The average molecular weight is 268 g/mol. The third-order valence-corrected chi connectivity index (χ3v) is 3.22. The third kappa shape index (κ3) is 2.98. The van der Waals surface area contributed by atoms with Gasteiger partial charge in [-0.2, -0.15) is 0 Å². The van der Waals surface area contributed by atoms with Gasteiger partial charge >= 0.3 is 6.16 Å². The molecule has 2 saturated heterocycles. The van der Waals surface area contributed by atoms with E-state index in [-0.39, 0.29) is 12.2 Å². The molecule has 0 aliphatic carbocycles. The highest BCUT2D eigenvalue weighted by Crippen LogP contribution is 2.35. The monoisotopic (exact) mass is 268 g/mol. The molecule has 0 radical (unpaired) electrons. The van der Waals surface area contributed by atoms with Crippen LogP contribution in [0.2, 0.25) is 0 Å². The van der Waals surface area contributed by atoms with E-state index in [4.69, 9.17) is 18.9 Å². The summed E-state index contributed by atoms with van der Waals surface area (Å²) in [7, 11) is 0. The summed E-state index contributed by atoms with van der Waals surface area (Å²) < 4.78 is 21.9. The average Bonchev–Trinajstić information content (AvgIpc) is 2.86. The van der Waals surface area contributed by atoms with Gasteiger partial charge in [-0.25, -0.2) is 4.79 Å². The van der Waals surface area contributed by atoms with Gasteiger partial charge in [0, 0.05) is 0 Å². The Balaban J connectivity index is 2.11. The Hall–Kier alpha value is -1.33. The lowest BCUT2D eigenvalue weighted by atomic mass is 10.00. The minimum Gasteiger partial charge on any atom is -0.427 e. The zero-order chi connectivity index (χ0) is 14.0. The zero-order valence-corrected chi connectivity index (χ0v) is 11.3. The highest BCUT2D eigenvalue weighted by molar-refractivity contribution is 5.62. The molecular weight excluding hydrogens is 248 g/mol. The van der Waals surface area contributed by atoms with E-state index in [1.165, 1.54) is 0 Å². The number of hydrogen-bond acceptors (Lipinski definition) is 5. The zero-order valence-electron chi connectivity index (χ0n) is 11.3. The van der Waals surface area contributed by atoms with Gasteiger partial charge in [-0.3, -0.25) is 0 Å². The molecule has 106 valence electrons. The van der Waals surface area contributed by atoms with Gasteiger partial charge in [0.15, 0.2) is 11.9 Å². The summed E-state index contributed by atoms with van der Waals surface area (Å²) in [5.41, 5.74) is 0. The molecule has 19 heavy (non-hydrogen) atoms. The van der Waals surface area contributed by atoms with E-state index in [0.717, 1.165) is 6.42 Å². The molecule has 2 heterocycles. The molecule has 2 fully saturated rings. The van der Waals surface area contributed by atoms with Crippen LogP contribution in [0.5, 0.6) is 0 Å². The second-order valence-corrected chi connectivity index (χ2v) is 5.16. The fourth-order valence-corrected chi connectivity index (χ4v) is 2.44. The number of carbonyl (C=O) groups excluding carboxylic acids is 1. The van der Waals surface area contributed by atoms with Crippen LogP contribution in [0.4, 0.5) is 4.79 Å². The molecule has 4 atom stereocenters. The molecule has 0 bridgehead atoms. The highest BCUT2D eigenvalue weighted by atomic mass is 16.8. The van der Waals surface area contributed by atoms with Crippen LogP contribution in [0.3, 0.4) is 0 Å². The van der Waals surface area contributed by atoms with Crippen molar-refractivity contribution in [3.05, 3.63) is 25.3 Å². The molecule has 2 aliphatic heterocycles. The van der Waals surface area contributed by atoms with Gasteiger partial charge in [-0.05, 0) is 26.7 Å². The van der Waals surface area contributed by atoms with Gasteiger partial charge in [0.2, 0.25) is 0 Å². The Bertz CT molecular complexity index is 376. The van der Waals surface area contributed by atoms with Crippen molar-refractivity contribution in [1.29, 1.82) is 0 Å². The molecule has 2 rings (SSSR count). The molecule has 0 spiro atoms. The van der Waals surface area contributed by atoms with Gasteiger partial charge in [0.1, 0.15) is 18.3 Å². The molecule has 0 aromatic heterocycles. The van der Waals surface area contributed by atoms with Crippen molar-refractivity contribution in [2.24, 2.45) is 0 Å². The van der Waals surface area contributed by atoms with Gasteiger partial charge in [-0.15, -0.1) is 13.2 Å². The maximum absolute atomic E-state index is 11.3. The molecular formula is C14H20O5. The number of allylic oxidation sites excluding steroid dienone is 1. The number of cyclic esters (lactones) is 2. The van der Waals surface area contributed by atoms with Crippen LogP contribution in [0.15, 0.2) is 25.3 Å². The summed E-state index contributed by atoms with van der Waals surface area (Å²) in [6.07, 6.45) is 2.66. The highest BCUT2D eigenvalue weighted by Gasteiger charge is 2.51. The van der Waals surface area contributed by atoms with Crippen LogP contribution in [0.1, 0.15) is 26.7 Å². The van der Waals surface area contributed by atoms with Gasteiger partial charge in [0.05, 0.1) is 0 Å². The number of carbonyl (C=O) groups is 1. The largest absolute Gasteiger partial charge is 0.509 e. The van der Waals surface area contributed by atoms with Crippen molar-refractivity contribution in [3.8, 4) is 0 Å². The third-order valence-electron chi connectivity index (χ3n) is 3.22. The molecule has 2 aliphatic rings. The maximum atomic E-state index is 11.3. The van der Waals surface area contributed by atoms with Gasteiger partial charge in [0.25, 0.3) is 0 Å². The van der Waals surface area contributed by atoms with E-state index >= 15 is 0 Å². The lowest BCUT2D eigenvalue weighted by molar-refractivity contribution is -0.153. The van der Waals surface area contributed by atoms with Crippen molar-refractivity contribution in [2.75, 3.05) is 0 Å². The van der Waals surface area contributed by atoms with E-state index in [1.54, 1.807) is 12.2 Å². The summed E-state index contributed by atoms with van der Waals surface area (Å²) >= 11 is 0. The van der Waals surface area contributed by atoms with Crippen LogP contribution < -0.4 is 0 Å². The fourth-order valence-electron chi connectivity index (χ4n) is 2.44. The molecule has 5 heteroatoms. The molecule has 0 aromatic carbocycles. The minimum atomic E-state index is -0.721. The number of rotatable bonds is 5. The molecule has 0 amide bonds. The molecule has 0 unspecified atom stereocenters. The Morgan fingerprint density at radius 3 is 2.58 bits per heavy atom. The van der Waals surface area contributed by atoms with Crippen molar-refractivity contribution >= 4 is 6.16 Å². The second kappa shape index (κ2) is 5.35. The first kappa shape index (κ1) is 14.1. The van der Waals surface area contributed by atoms with Crippen molar-refractivity contribution in [2.45, 2.75) is 56.9 Å². The van der Waals surface area contributed by atoms with Gasteiger partial charge in [-0.1, -0.05) is 12.2 Å². The quantitative estimate of drug-likeness (QED) is 0.566. The lowest BCUT2D eigenvalue weighted by Crippen LogP contribution is -2.41. The normalized spacial score (nSPS) is 36.6. The lowest BCUT2D eigenvalue weighted by Gasteiger charge is -2.23. The van der Waals surface area contributed by atoms with Crippen LogP contribution in [-0.4, -0.2) is 36.4 Å². The summed E-state index contributed by atoms with van der Waals surface area (Å²) in [5, 5.41) is 0. The predicted molar refractivity (Wildman–Crippen MR) is 68.6 cm³/mol. The Labute approximate surface area is 113 Å². The summed E-state index contributed by atoms with van der Waals surface area (Å²) in [6, 6.07) is 0. The number of ether oxygens (including phenoxy) is 4. The minimum absolute atomic E-state index is 0.319. The first-order valence-electron chi connectivity index (χ1n) is 6.43. The Kier molecular flexibility index (Phi) is 3.96. The molecule has 0 saturated carbocycles. The Morgan fingerprint density at radius 1 is 1.21 bits per heavy atom. The first-order chi connectivity index (χ1) is 8.96. The Morgan fingerprint density at radius 2 is 1.95 bits per heavy atom. The molecule has 0 aromatic rings. The van der Waals surface area contributed by atoms with E-state index in [9.17, 15) is 4.79 Å². The summed E-state index contributed by atoms with van der Waals surface area (Å²) in [5.74, 6) is -0.721. The SMILES string of the molecule is C=CCC[C@H]1OC(=O)O[C@@H]1[C@H]1OC(C)(C)O[C@H]1C=C. The number of hydrogen-bond donors (Lipinski definition) is 0. The van der Waals surface area contributed by atoms with E-state index in [0.29, 0.717) is 6.42 Å². The van der Waals surface area contributed by atoms with Gasteiger partial charge < -0.3 is 18.9 Å². The smallest absolute Gasteiger partial charge is 0.427 e. The van der Waals surface area contributed by atoms with Crippen molar-refractivity contribution in [1.82, 2.24) is 0 Å². The van der Waals surface area contributed by atoms with Crippen LogP contribution in [0, 0.1) is 0 Å². The van der Waals surface area contributed by atoms with E-state index in [2.05, 4.69) is 13.2 Å². The van der Waals surface area contributed by atoms with Crippen LogP contribution in [-0.2, 0) is 18.9 Å². The molecule has 0 N–H and O–H groups in total. The summed E-state index contributed by atoms with van der Waals surface area (Å²) in [4.78, 5) is 11.3. The second-order valence-electron chi connectivity index (χ2n) is 5.16. The maximum Gasteiger partial charge on any atom is 0.509 e. The van der Waals surface area contributed by atoms with Crippen molar-refractivity contribution < 1.29 is 23.7 Å². The summed E-state index contributed by atoms with van der Waals surface area (Å²) in [6.45, 7) is 11.0.